The van der Waals surface area contributed by atoms with Gasteiger partial charge in [-0.1, -0.05) is 12.1 Å². The van der Waals surface area contributed by atoms with Crippen LogP contribution in [0.4, 0.5) is 0 Å². The molecule has 1 aromatic carbocycles. The number of likely N-dealkylation sites (N-methyl/N-ethyl adjacent to an activating group) is 1. The molecule has 110 valence electrons. The number of para-hydroxylation sites is 2. The molecule has 2 aromatic rings. The van der Waals surface area contributed by atoms with Crippen molar-refractivity contribution in [3.05, 3.63) is 30.1 Å². The summed E-state index contributed by atoms with van der Waals surface area (Å²) in [4.78, 5) is 6.90. The average Bonchev–Trinajstić information content (AvgIpc) is 2.73. The lowest BCUT2D eigenvalue weighted by molar-refractivity contribution is 0.136. The summed E-state index contributed by atoms with van der Waals surface area (Å²) >= 11 is 0. The minimum Gasteiger partial charge on any atom is -0.331 e. The number of nitrogens with zero attached hydrogens (tertiary/aromatic N) is 3. The van der Waals surface area contributed by atoms with Crippen LogP contribution in [0.25, 0.3) is 11.0 Å². The fourth-order valence-corrected chi connectivity index (χ4v) is 2.38. The number of aromatic nitrogens is 2. The largest absolute Gasteiger partial charge is 0.331 e. The monoisotopic (exact) mass is 275 g/mol. The molecule has 1 unspecified atom stereocenters. The van der Waals surface area contributed by atoms with E-state index in [4.69, 9.17) is 10.8 Å². The maximum atomic E-state index is 5.78. The van der Waals surface area contributed by atoms with Gasteiger partial charge in [0.05, 0.1) is 11.0 Å². The number of rotatable bonds is 5. The fraction of sp³-hybridized carbons (Fsp3) is 0.533. The van der Waals surface area contributed by atoms with Gasteiger partial charge in [0.25, 0.3) is 0 Å². The third kappa shape index (κ3) is 2.57. The first-order valence-corrected chi connectivity index (χ1v) is 6.91. The molecule has 5 nitrogen and oxygen atoms in total. The highest BCUT2D eigenvalue weighted by atomic mass is 15.3. The van der Waals surface area contributed by atoms with Gasteiger partial charge in [-0.05, 0) is 40.1 Å². The summed E-state index contributed by atoms with van der Waals surface area (Å²) in [5.74, 6) is 6.82. The van der Waals surface area contributed by atoms with Crippen molar-refractivity contribution >= 4 is 11.0 Å². The topological polar surface area (TPSA) is 59.1 Å². The summed E-state index contributed by atoms with van der Waals surface area (Å²) in [6.45, 7) is 4.36. The molecule has 0 saturated heterocycles. The molecule has 0 saturated carbocycles. The van der Waals surface area contributed by atoms with Crippen molar-refractivity contribution < 1.29 is 0 Å². The van der Waals surface area contributed by atoms with Crippen LogP contribution in [0.2, 0.25) is 0 Å². The molecule has 0 aliphatic carbocycles. The lowest BCUT2D eigenvalue weighted by Gasteiger charge is -2.39. The molecule has 1 atom stereocenters. The SMILES string of the molecule is CN(C)C(C)(C)C(Cc1nc2ccccc2n1C)NN. The summed E-state index contributed by atoms with van der Waals surface area (Å²) in [6, 6.07) is 8.31. The van der Waals surface area contributed by atoms with Crippen molar-refractivity contribution in [2.24, 2.45) is 12.9 Å². The van der Waals surface area contributed by atoms with Crippen LogP contribution in [0.5, 0.6) is 0 Å². The lowest BCUT2D eigenvalue weighted by atomic mass is 9.91. The predicted molar refractivity (Wildman–Crippen MR) is 83.3 cm³/mol. The van der Waals surface area contributed by atoms with Crippen LogP contribution in [0, 0.1) is 0 Å². The molecule has 2 rings (SSSR count). The van der Waals surface area contributed by atoms with E-state index in [-0.39, 0.29) is 11.6 Å². The Morgan fingerprint density at radius 2 is 2.00 bits per heavy atom. The third-order valence-electron chi connectivity index (χ3n) is 4.47. The Balaban J connectivity index is 2.33. The number of hydrazine groups is 1. The second-order valence-electron chi connectivity index (χ2n) is 6.05. The highest BCUT2D eigenvalue weighted by molar-refractivity contribution is 5.75. The number of fused-ring (bicyclic) bond motifs is 1. The first-order chi connectivity index (χ1) is 9.37. The quantitative estimate of drug-likeness (QED) is 0.637. The zero-order valence-corrected chi connectivity index (χ0v) is 13.0. The molecule has 0 bridgehead atoms. The number of imidazole rings is 1. The van der Waals surface area contributed by atoms with Crippen LogP contribution in [-0.2, 0) is 13.5 Å². The summed E-state index contributed by atoms with van der Waals surface area (Å²) in [5.41, 5.74) is 5.07. The average molecular weight is 275 g/mol. The number of aryl methyl sites for hydroxylation is 1. The summed E-state index contributed by atoms with van der Waals surface area (Å²) in [7, 11) is 6.19. The van der Waals surface area contributed by atoms with Crippen LogP contribution in [0.3, 0.4) is 0 Å². The van der Waals surface area contributed by atoms with Gasteiger partial charge in [0.1, 0.15) is 5.82 Å². The highest BCUT2D eigenvalue weighted by Crippen LogP contribution is 2.21. The second-order valence-corrected chi connectivity index (χ2v) is 6.05. The number of nitrogens with one attached hydrogen (secondary N) is 1. The Bertz CT molecular complexity index is 585. The van der Waals surface area contributed by atoms with Crippen molar-refractivity contribution in [3.8, 4) is 0 Å². The van der Waals surface area contributed by atoms with Crippen LogP contribution < -0.4 is 11.3 Å². The molecule has 1 heterocycles. The molecule has 20 heavy (non-hydrogen) atoms. The van der Waals surface area contributed by atoms with Gasteiger partial charge < -0.3 is 9.47 Å². The standard InChI is InChI=1S/C15H25N5/c1-15(2,19(3)4)13(18-16)10-14-17-11-8-6-7-9-12(11)20(14)5/h6-9,13,18H,10,16H2,1-5H3. The second kappa shape index (κ2) is 5.52. The van der Waals surface area contributed by atoms with Gasteiger partial charge in [-0.3, -0.25) is 11.3 Å². The molecule has 1 aromatic heterocycles. The maximum absolute atomic E-state index is 5.78. The van der Waals surface area contributed by atoms with Crippen LogP contribution in [0.1, 0.15) is 19.7 Å². The zero-order chi connectivity index (χ0) is 14.9. The molecule has 0 spiro atoms. The summed E-state index contributed by atoms with van der Waals surface area (Å²) in [6.07, 6.45) is 0.785. The number of benzene rings is 1. The van der Waals surface area contributed by atoms with Gasteiger partial charge in [-0.15, -0.1) is 0 Å². The summed E-state index contributed by atoms with van der Waals surface area (Å²) < 4.78 is 2.14. The molecular weight excluding hydrogens is 250 g/mol. The maximum Gasteiger partial charge on any atom is 0.111 e. The minimum absolute atomic E-state index is 0.0626. The summed E-state index contributed by atoms with van der Waals surface area (Å²) in [5, 5.41) is 0. The molecule has 0 fully saturated rings. The Hall–Kier alpha value is -1.43. The van der Waals surface area contributed by atoms with Gasteiger partial charge in [-0.2, -0.15) is 0 Å². The van der Waals surface area contributed by atoms with Crippen molar-refractivity contribution in [1.82, 2.24) is 19.9 Å². The normalized spacial score (nSPS) is 14.2. The van der Waals surface area contributed by atoms with E-state index in [1.165, 1.54) is 0 Å². The third-order valence-corrected chi connectivity index (χ3v) is 4.47. The van der Waals surface area contributed by atoms with E-state index in [9.17, 15) is 0 Å². The van der Waals surface area contributed by atoms with E-state index in [2.05, 4.69) is 55.9 Å². The molecule has 0 amide bonds. The zero-order valence-electron chi connectivity index (χ0n) is 13.0. The van der Waals surface area contributed by atoms with E-state index in [1.54, 1.807) is 0 Å². The van der Waals surface area contributed by atoms with E-state index < -0.39 is 0 Å². The van der Waals surface area contributed by atoms with Crippen LogP contribution >= 0.6 is 0 Å². The van der Waals surface area contributed by atoms with Crippen molar-refractivity contribution in [3.63, 3.8) is 0 Å². The molecule has 0 radical (unpaired) electrons. The lowest BCUT2D eigenvalue weighted by Crippen LogP contribution is -2.58. The molecule has 3 N–H and O–H groups in total. The Morgan fingerprint density at radius 3 is 2.55 bits per heavy atom. The smallest absolute Gasteiger partial charge is 0.111 e. The van der Waals surface area contributed by atoms with Gasteiger partial charge in [0, 0.05) is 25.0 Å². The van der Waals surface area contributed by atoms with E-state index in [0.717, 1.165) is 23.3 Å². The Kier molecular flexibility index (Phi) is 4.13. The van der Waals surface area contributed by atoms with Crippen molar-refractivity contribution in [1.29, 1.82) is 0 Å². The van der Waals surface area contributed by atoms with Gasteiger partial charge in [0.15, 0.2) is 0 Å². The van der Waals surface area contributed by atoms with Crippen LogP contribution in [0.15, 0.2) is 24.3 Å². The minimum atomic E-state index is -0.0626. The fourth-order valence-electron chi connectivity index (χ4n) is 2.38. The number of hydrogen-bond donors (Lipinski definition) is 2. The van der Waals surface area contributed by atoms with Crippen LogP contribution in [-0.4, -0.2) is 40.1 Å². The molecule has 5 heteroatoms. The molecular formula is C15H25N5. The van der Waals surface area contributed by atoms with Crippen molar-refractivity contribution in [2.45, 2.75) is 31.8 Å². The molecule has 0 aliphatic heterocycles. The van der Waals surface area contributed by atoms with E-state index >= 15 is 0 Å². The number of hydrogen-bond acceptors (Lipinski definition) is 4. The Labute approximate surface area is 120 Å². The van der Waals surface area contributed by atoms with Gasteiger partial charge in [0.2, 0.25) is 0 Å². The first-order valence-electron chi connectivity index (χ1n) is 6.91. The van der Waals surface area contributed by atoms with E-state index in [0.29, 0.717) is 0 Å². The number of nitrogens with two attached hydrogens (primary N) is 1. The van der Waals surface area contributed by atoms with Gasteiger partial charge >= 0.3 is 0 Å². The van der Waals surface area contributed by atoms with E-state index in [1.807, 2.05) is 18.2 Å². The molecule has 0 aliphatic rings. The first kappa shape index (κ1) is 15.0. The highest BCUT2D eigenvalue weighted by Gasteiger charge is 2.32. The Morgan fingerprint density at radius 1 is 1.35 bits per heavy atom. The van der Waals surface area contributed by atoms with Gasteiger partial charge in [-0.25, -0.2) is 4.98 Å². The van der Waals surface area contributed by atoms with Crippen molar-refractivity contribution in [2.75, 3.05) is 14.1 Å². The predicted octanol–water partition coefficient (Wildman–Crippen LogP) is 1.29.